The van der Waals surface area contributed by atoms with Gasteiger partial charge < -0.3 is 4.74 Å². The van der Waals surface area contributed by atoms with Gasteiger partial charge in [-0.05, 0) is 30.3 Å². The quantitative estimate of drug-likeness (QED) is 0.730. The van der Waals surface area contributed by atoms with Crippen molar-refractivity contribution in [1.29, 1.82) is 0 Å². The summed E-state index contributed by atoms with van der Waals surface area (Å²) < 4.78 is 21.1. The normalized spacial score (nSPS) is 10.8. The first-order chi connectivity index (χ1) is 10.1. The van der Waals surface area contributed by atoms with Crippen LogP contribution in [0.15, 0.2) is 57.9 Å². The predicted octanol–water partition coefficient (Wildman–Crippen LogP) is 3.18. The number of rotatable bonds is 3. The van der Waals surface area contributed by atoms with Crippen LogP contribution in [0.2, 0.25) is 0 Å². The van der Waals surface area contributed by atoms with E-state index in [1.807, 2.05) is 0 Å². The molecule has 3 rings (SSSR count). The van der Waals surface area contributed by atoms with E-state index >= 15 is 0 Å². The van der Waals surface area contributed by atoms with Gasteiger partial charge in [-0.25, -0.2) is 9.37 Å². The summed E-state index contributed by atoms with van der Waals surface area (Å²) in [5.74, 6) is -0.352. The maximum absolute atomic E-state index is 13.6. The molecule has 2 heterocycles. The molecule has 6 heteroatoms. The van der Waals surface area contributed by atoms with Gasteiger partial charge in [-0.2, -0.15) is 0 Å². The summed E-state index contributed by atoms with van der Waals surface area (Å²) >= 11 is 3.18. The zero-order chi connectivity index (χ0) is 14.8. The van der Waals surface area contributed by atoms with Crippen molar-refractivity contribution in [1.82, 2.24) is 9.38 Å². The van der Waals surface area contributed by atoms with Gasteiger partial charge in [0, 0.05) is 16.7 Å². The van der Waals surface area contributed by atoms with Crippen LogP contribution in [-0.2, 0) is 6.61 Å². The van der Waals surface area contributed by atoms with Gasteiger partial charge in [0.2, 0.25) is 0 Å². The summed E-state index contributed by atoms with van der Waals surface area (Å²) in [6.07, 6.45) is 1.64. The van der Waals surface area contributed by atoms with Crippen molar-refractivity contribution in [2.24, 2.45) is 0 Å². The van der Waals surface area contributed by atoms with Crippen LogP contribution in [-0.4, -0.2) is 9.38 Å². The third kappa shape index (κ3) is 2.95. The molecule has 0 amide bonds. The zero-order valence-corrected chi connectivity index (χ0v) is 12.4. The van der Waals surface area contributed by atoms with Crippen LogP contribution < -0.4 is 10.3 Å². The first kappa shape index (κ1) is 13.8. The van der Waals surface area contributed by atoms with Crippen molar-refractivity contribution in [3.63, 3.8) is 0 Å². The van der Waals surface area contributed by atoms with Crippen LogP contribution in [0.5, 0.6) is 5.75 Å². The summed E-state index contributed by atoms with van der Waals surface area (Å²) in [5.41, 5.74) is 0.781. The fourth-order valence-corrected chi connectivity index (χ4v) is 2.25. The fourth-order valence-electron chi connectivity index (χ4n) is 1.92. The van der Waals surface area contributed by atoms with E-state index in [2.05, 4.69) is 20.9 Å². The summed E-state index contributed by atoms with van der Waals surface area (Å²) in [5, 5.41) is 0. The number of hydrogen-bond donors (Lipinski definition) is 0. The van der Waals surface area contributed by atoms with Gasteiger partial charge in [0.25, 0.3) is 5.56 Å². The second-order valence-electron chi connectivity index (χ2n) is 4.38. The maximum Gasteiger partial charge on any atom is 0.258 e. The fraction of sp³-hybridized carbons (Fsp3) is 0.0667. The van der Waals surface area contributed by atoms with Crippen molar-refractivity contribution < 1.29 is 9.13 Å². The lowest BCUT2D eigenvalue weighted by Crippen LogP contribution is -2.16. The first-order valence-electron chi connectivity index (χ1n) is 6.19. The number of aromatic nitrogens is 2. The molecule has 0 aliphatic carbocycles. The zero-order valence-electron chi connectivity index (χ0n) is 10.8. The molecule has 3 aromatic rings. The molecule has 0 bridgehead atoms. The molecule has 4 nitrogen and oxygen atoms in total. The summed E-state index contributed by atoms with van der Waals surface area (Å²) in [7, 11) is 0. The molecule has 0 unspecified atom stereocenters. The second kappa shape index (κ2) is 5.65. The van der Waals surface area contributed by atoms with E-state index in [-0.39, 0.29) is 17.9 Å². The molecule has 1 aromatic carbocycles. The Bertz CT molecular complexity index is 864. The van der Waals surface area contributed by atoms with Crippen LogP contribution in [0.25, 0.3) is 5.65 Å². The monoisotopic (exact) mass is 348 g/mol. The molecule has 0 aliphatic rings. The van der Waals surface area contributed by atoms with Crippen molar-refractivity contribution in [2.75, 3.05) is 0 Å². The lowest BCUT2D eigenvalue weighted by molar-refractivity contribution is 0.286. The van der Waals surface area contributed by atoms with E-state index in [0.29, 0.717) is 15.8 Å². The molecule has 0 spiro atoms. The predicted molar refractivity (Wildman–Crippen MR) is 79.9 cm³/mol. The van der Waals surface area contributed by atoms with Gasteiger partial charge in [0.1, 0.15) is 12.3 Å². The molecule has 106 valence electrons. The van der Waals surface area contributed by atoms with Gasteiger partial charge in [-0.1, -0.05) is 22.0 Å². The average molecular weight is 349 g/mol. The number of nitrogens with zero attached hydrogens (tertiary/aromatic N) is 2. The SMILES string of the molecule is O=c1cc(COc2ccc(Br)cc2F)nc2ccccn12. The van der Waals surface area contributed by atoms with Crippen molar-refractivity contribution in [3.8, 4) is 5.75 Å². The van der Waals surface area contributed by atoms with E-state index in [1.54, 1.807) is 30.5 Å². The minimum atomic E-state index is -0.470. The number of pyridine rings is 1. The first-order valence-corrected chi connectivity index (χ1v) is 6.98. The van der Waals surface area contributed by atoms with Crippen molar-refractivity contribution in [2.45, 2.75) is 6.61 Å². The lowest BCUT2D eigenvalue weighted by Gasteiger charge is -2.08. The minimum Gasteiger partial charge on any atom is -0.484 e. The Morgan fingerprint density at radius 2 is 2.10 bits per heavy atom. The Kier molecular flexibility index (Phi) is 3.70. The second-order valence-corrected chi connectivity index (χ2v) is 5.29. The molecule has 0 N–H and O–H groups in total. The number of benzene rings is 1. The molecule has 0 fully saturated rings. The van der Waals surface area contributed by atoms with Gasteiger partial charge in [-0.15, -0.1) is 0 Å². The van der Waals surface area contributed by atoms with E-state index in [0.717, 1.165) is 0 Å². The van der Waals surface area contributed by atoms with Gasteiger partial charge in [0.15, 0.2) is 11.6 Å². The Hall–Kier alpha value is -2.21. The highest BCUT2D eigenvalue weighted by molar-refractivity contribution is 9.10. The molecule has 0 atom stereocenters. The average Bonchev–Trinajstić information content (AvgIpc) is 2.46. The maximum atomic E-state index is 13.6. The van der Waals surface area contributed by atoms with E-state index in [4.69, 9.17) is 4.74 Å². The molecular formula is C15H10BrFN2O2. The molecular weight excluding hydrogens is 339 g/mol. The minimum absolute atomic E-state index is 0.0270. The molecule has 21 heavy (non-hydrogen) atoms. The van der Waals surface area contributed by atoms with Crippen LogP contribution in [0.4, 0.5) is 4.39 Å². The summed E-state index contributed by atoms with van der Waals surface area (Å²) in [6, 6.07) is 11.2. The standard InChI is InChI=1S/C15H10BrFN2O2/c16-10-4-5-13(12(17)7-10)21-9-11-8-15(20)19-6-2-1-3-14(19)18-11/h1-8H,9H2. The highest BCUT2D eigenvalue weighted by Crippen LogP contribution is 2.22. The Morgan fingerprint density at radius 3 is 2.90 bits per heavy atom. The largest absolute Gasteiger partial charge is 0.484 e. The van der Waals surface area contributed by atoms with Gasteiger partial charge in [-0.3, -0.25) is 9.20 Å². The third-order valence-corrected chi connectivity index (χ3v) is 3.39. The molecule has 0 saturated carbocycles. The molecule has 0 aliphatic heterocycles. The summed E-state index contributed by atoms with van der Waals surface area (Å²) in [4.78, 5) is 16.2. The van der Waals surface area contributed by atoms with Crippen LogP contribution in [0.1, 0.15) is 5.69 Å². The number of halogens is 2. The van der Waals surface area contributed by atoms with Crippen molar-refractivity contribution in [3.05, 3.63) is 75.0 Å². The lowest BCUT2D eigenvalue weighted by atomic mass is 10.3. The van der Waals surface area contributed by atoms with E-state index in [9.17, 15) is 9.18 Å². The van der Waals surface area contributed by atoms with Crippen molar-refractivity contribution >= 4 is 21.6 Å². The highest BCUT2D eigenvalue weighted by atomic mass is 79.9. The molecule has 2 aromatic heterocycles. The number of ether oxygens (including phenoxy) is 1. The highest BCUT2D eigenvalue weighted by Gasteiger charge is 2.06. The number of fused-ring (bicyclic) bond motifs is 1. The smallest absolute Gasteiger partial charge is 0.258 e. The molecule has 0 radical (unpaired) electrons. The third-order valence-electron chi connectivity index (χ3n) is 2.89. The molecule has 0 saturated heterocycles. The van der Waals surface area contributed by atoms with Crippen LogP contribution >= 0.6 is 15.9 Å². The van der Waals surface area contributed by atoms with E-state index in [1.165, 1.54) is 22.6 Å². The summed E-state index contributed by atoms with van der Waals surface area (Å²) in [6.45, 7) is 0.0270. The Labute approximate surface area is 128 Å². The van der Waals surface area contributed by atoms with E-state index < -0.39 is 5.82 Å². The Morgan fingerprint density at radius 1 is 1.24 bits per heavy atom. The van der Waals surface area contributed by atoms with Crippen LogP contribution in [0.3, 0.4) is 0 Å². The van der Waals surface area contributed by atoms with Crippen LogP contribution in [0, 0.1) is 5.82 Å². The van der Waals surface area contributed by atoms with Gasteiger partial charge >= 0.3 is 0 Å². The number of hydrogen-bond acceptors (Lipinski definition) is 3. The van der Waals surface area contributed by atoms with Gasteiger partial charge in [0.05, 0.1) is 5.69 Å². The topological polar surface area (TPSA) is 43.6 Å². The Balaban J connectivity index is 1.87.